The van der Waals surface area contributed by atoms with Crippen LogP contribution in [0.1, 0.15) is 24.8 Å². The minimum atomic E-state index is -0.468. The Labute approximate surface area is 190 Å². The van der Waals surface area contributed by atoms with Gasteiger partial charge in [-0.3, -0.25) is 19.8 Å². The van der Waals surface area contributed by atoms with Crippen molar-refractivity contribution in [2.24, 2.45) is 0 Å². The van der Waals surface area contributed by atoms with Gasteiger partial charge in [0.25, 0.3) is 11.8 Å². The Hall–Kier alpha value is -3.40. The molecule has 0 aliphatic carbocycles. The SMILES string of the molecule is COc1ccc(C2SC(C)C(=O)N2NC(=O)COc2ccc(NC(C)=O)cc2)cc1OC. The van der Waals surface area contributed by atoms with E-state index in [1.165, 1.54) is 30.8 Å². The second-order valence-corrected chi connectivity index (χ2v) is 8.41. The minimum Gasteiger partial charge on any atom is -0.493 e. The van der Waals surface area contributed by atoms with Gasteiger partial charge in [0.15, 0.2) is 18.1 Å². The Morgan fingerprint density at radius 2 is 1.75 bits per heavy atom. The van der Waals surface area contributed by atoms with Gasteiger partial charge in [-0.15, -0.1) is 11.8 Å². The number of ether oxygens (including phenoxy) is 3. The van der Waals surface area contributed by atoms with E-state index in [2.05, 4.69) is 10.7 Å². The maximum Gasteiger partial charge on any atom is 0.276 e. The number of anilines is 1. The lowest BCUT2D eigenvalue weighted by Crippen LogP contribution is -2.47. The molecule has 1 aliphatic rings. The van der Waals surface area contributed by atoms with E-state index in [0.29, 0.717) is 22.9 Å². The first-order chi connectivity index (χ1) is 15.3. The molecular formula is C22H25N3O6S. The second kappa shape index (κ2) is 10.3. The first-order valence-corrected chi connectivity index (χ1v) is 10.8. The Kier molecular flexibility index (Phi) is 7.47. The molecule has 0 saturated carbocycles. The number of carbonyl (C=O) groups is 3. The molecule has 1 aliphatic heterocycles. The topological polar surface area (TPSA) is 106 Å². The van der Waals surface area contributed by atoms with Crippen molar-refractivity contribution in [1.82, 2.24) is 10.4 Å². The molecule has 3 amide bonds. The number of thioether (sulfide) groups is 1. The van der Waals surface area contributed by atoms with Crippen LogP contribution in [0.15, 0.2) is 42.5 Å². The van der Waals surface area contributed by atoms with Crippen molar-refractivity contribution in [3.8, 4) is 17.2 Å². The smallest absolute Gasteiger partial charge is 0.276 e. The molecule has 170 valence electrons. The highest BCUT2D eigenvalue weighted by Gasteiger charge is 2.40. The van der Waals surface area contributed by atoms with Crippen LogP contribution < -0.4 is 25.0 Å². The number of rotatable bonds is 8. The molecule has 1 heterocycles. The van der Waals surface area contributed by atoms with Crippen molar-refractivity contribution in [3.63, 3.8) is 0 Å². The van der Waals surface area contributed by atoms with Gasteiger partial charge in [0.05, 0.1) is 19.5 Å². The van der Waals surface area contributed by atoms with Gasteiger partial charge >= 0.3 is 0 Å². The maximum absolute atomic E-state index is 12.7. The number of hydrazine groups is 1. The molecule has 2 unspecified atom stereocenters. The number of hydrogen-bond acceptors (Lipinski definition) is 7. The third-order valence-corrected chi connectivity index (χ3v) is 5.99. The summed E-state index contributed by atoms with van der Waals surface area (Å²) < 4.78 is 16.1. The fourth-order valence-electron chi connectivity index (χ4n) is 3.12. The number of amides is 3. The van der Waals surface area contributed by atoms with Gasteiger partial charge < -0.3 is 19.5 Å². The van der Waals surface area contributed by atoms with Crippen LogP contribution in [0.4, 0.5) is 5.69 Å². The van der Waals surface area contributed by atoms with Crippen LogP contribution in [0.5, 0.6) is 17.2 Å². The van der Waals surface area contributed by atoms with Crippen molar-refractivity contribution in [1.29, 1.82) is 0 Å². The molecule has 0 bridgehead atoms. The third-order valence-electron chi connectivity index (χ3n) is 4.64. The third kappa shape index (κ3) is 5.44. The highest BCUT2D eigenvalue weighted by atomic mass is 32.2. The van der Waals surface area contributed by atoms with E-state index in [9.17, 15) is 14.4 Å². The van der Waals surface area contributed by atoms with E-state index in [-0.39, 0.29) is 23.7 Å². The summed E-state index contributed by atoms with van der Waals surface area (Å²) in [6.45, 7) is 2.93. The first kappa shape index (κ1) is 23.3. The van der Waals surface area contributed by atoms with E-state index >= 15 is 0 Å². The van der Waals surface area contributed by atoms with Crippen LogP contribution >= 0.6 is 11.8 Å². The van der Waals surface area contributed by atoms with E-state index < -0.39 is 11.3 Å². The fraction of sp³-hybridized carbons (Fsp3) is 0.318. The molecule has 2 aromatic carbocycles. The lowest BCUT2D eigenvalue weighted by atomic mass is 10.2. The Bertz CT molecular complexity index is 998. The summed E-state index contributed by atoms with van der Waals surface area (Å²) in [5.41, 5.74) is 4.07. The highest BCUT2D eigenvalue weighted by Crippen LogP contribution is 2.43. The Morgan fingerprint density at radius 1 is 1.06 bits per heavy atom. The lowest BCUT2D eigenvalue weighted by Gasteiger charge is -2.25. The monoisotopic (exact) mass is 459 g/mol. The normalized spacial score (nSPS) is 17.6. The zero-order valence-corrected chi connectivity index (χ0v) is 19.0. The minimum absolute atomic E-state index is 0.176. The lowest BCUT2D eigenvalue weighted by molar-refractivity contribution is -0.141. The van der Waals surface area contributed by atoms with Crippen molar-refractivity contribution in [2.75, 3.05) is 26.1 Å². The average molecular weight is 460 g/mol. The van der Waals surface area contributed by atoms with Gasteiger partial charge in [-0.2, -0.15) is 0 Å². The van der Waals surface area contributed by atoms with Gasteiger partial charge in [0.2, 0.25) is 5.91 Å². The standard InChI is InChI=1S/C22H25N3O6S/c1-13-21(28)25(22(32-13)15-5-10-18(29-3)19(11-15)30-4)24-20(27)12-31-17-8-6-16(7-9-17)23-14(2)26/h5-11,13,22H,12H2,1-4H3,(H,23,26)(H,24,27). The first-order valence-electron chi connectivity index (χ1n) is 9.82. The quantitative estimate of drug-likeness (QED) is 0.625. The number of nitrogens with zero attached hydrogens (tertiary/aromatic N) is 1. The number of carbonyl (C=O) groups excluding carboxylic acids is 3. The number of hydrogen-bond donors (Lipinski definition) is 2. The van der Waals surface area contributed by atoms with E-state index in [1.54, 1.807) is 50.4 Å². The summed E-state index contributed by atoms with van der Waals surface area (Å²) in [4.78, 5) is 36.2. The molecule has 0 radical (unpaired) electrons. The van der Waals surface area contributed by atoms with Gasteiger partial charge in [0, 0.05) is 12.6 Å². The van der Waals surface area contributed by atoms with Crippen LogP contribution in [0.25, 0.3) is 0 Å². The molecule has 0 spiro atoms. The summed E-state index contributed by atoms with van der Waals surface area (Å²) in [5.74, 6) is 0.722. The molecule has 3 rings (SSSR count). The zero-order chi connectivity index (χ0) is 23.3. The van der Waals surface area contributed by atoms with Gasteiger partial charge in [-0.1, -0.05) is 6.07 Å². The van der Waals surface area contributed by atoms with E-state index in [1.807, 2.05) is 6.07 Å². The maximum atomic E-state index is 12.7. The molecule has 1 saturated heterocycles. The summed E-state index contributed by atoms with van der Waals surface area (Å²) >= 11 is 1.42. The largest absolute Gasteiger partial charge is 0.493 e. The van der Waals surface area contributed by atoms with Crippen LogP contribution in [0.2, 0.25) is 0 Å². The van der Waals surface area contributed by atoms with Crippen molar-refractivity contribution in [3.05, 3.63) is 48.0 Å². The molecule has 32 heavy (non-hydrogen) atoms. The van der Waals surface area contributed by atoms with Crippen LogP contribution in [0, 0.1) is 0 Å². The molecule has 0 aromatic heterocycles. The molecule has 1 fully saturated rings. The number of methoxy groups -OCH3 is 2. The van der Waals surface area contributed by atoms with Crippen LogP contribution in [0.3, 0.4) is 0 Å². The summed E-state index contributed by atoms with van der Waals surface area (Å²) in [5, 5.41) is 3.23. The van der Waals surface area contributed by atoms with Crippen molar-refractivity contribution < 1.29 is 28.6 Å². The number of nitrogens with one attached hydrogen (secondary N) is 2. The molecular weight excluding hydrogens is 434 g/mol. The zero-order valence-electron chi connectivity index (χ0n) is 18.2. The fourth-order valence-corrected chi connectivity index (χ4v) is 4.32. The van der Waals surface area contributed by atoms with E-state index in [4.69, 9.17) is 14.2 Å². The van der Waals surface area contributed by atoms with E-state index in [0.717, 1.165) is 5.56 Å². The molecule has 2 atom stereocenters. The molecule has 2 N–H and O–H groups in total. The highest BCUT2D eigenvalue weighted by molar-refractivity contribution is 8.01. The van der Waals surface area contributed by atoms with Crippen LogP contribution in [-0.2, 0) is 14.4 Å². The number of benzene rings is 2. The Balaban J connectivity index is 1.65. The van der Waals surface area contributed by atoms with Gasteiger partial charge in [0.1, 0.15) is 11.1 Å². The summed E-state index contributed by atoms with van der Waals surface area (Å²) in [7, 11) is 3.09. The van der Waals surface area contributed by atoms with Crippen molar-refractivity contribution >= 4 is 35.2 Å². The van der Waals surface area contributed by atoms with Gasteiger partial charge in [-0.25, -0.2) is 5.01 Å². The van der Waals surface area contributed by atoms with Gasteiger partial charge in [-0.05, 0) is 48.9 Å². The summed E-state index contributed by atoms with van der Waals surface area (Å²) in [6.07, 6.45) is 0. The second-order valence-electron chi connectivity index (χ2n) is 6.98. The predicted octanol–water partition coefficient (Wildman–Crippen LogP) is 2.73. The Morgan fingerprint density at radius 3 is 2.38 bits per heavy atom. The van der Waals surface area contributed by atoms with Crippen LogP contribution in [-0.4, -0.2) is 48.8 Å². The molecule has 10 heteroatoms. The average Bonchev–Trinajstić information content (AvgIpc) is 3.06. The molecule has 9 nitrogen and oxygen atoms in total. The van der Waals surface area contributed by atoms with Crippen molar-refractivity contribution in [2.45, 2.75) is 24.5 Å². The summed E-state index contributed by atoms with van der Waals surface area (Å²) in [6, 6.07) is 12.0. The predicted molar refractivity (Wildman–Crippen MR) is 121 cm³/mol. The molecule has 2 aromatic rings.